The van der Waals surface area contributed by atoms with Crippen LogP contribution in [-0.4, -0.2) is 18.2 Å². The van der Waals surface area contributed by atoms with Crippen LogP contribution in [0.4, 0.5) is 0 Å². The molecule has 1 aromatic heterocycles. The summed E-state index contributed by atoms with van der Waals surface area (Å²) in [6, 6.07) is 8.32. The van der Waals surface area contributed by atoms with Crippen LogP contribution in [0.25, 0.3) is 5.69 Å². The third kappa shape index (κ3) is 2.37. The monoisotopic (exact) mass is 251 g/mol. The highest BCUT2D eigenvalue weighted by Gasteiger charge is 2.10. The van der Waals surface area contributed by atoms with Crippen LogP contribution >= 0.6 is 0 Å². The van der Waals surface area contributed by atoms with E-state index in [1.165, 1.54) is 12.1 Å². The second-order valence-electron chi connectivity index (χ2n) is 3.88. The minimum atomic E-state index is -3.68. The molecule has 0 unspecified atom stereocenters. The molecular weight excluding hydrogens is 238 g/mol. The van der Waals surface area contributed by atoms with E-state index in [0.29, 0.717) is 5.69 Å². The number of primary sulfonamides is 1. The maximum Gasteiger partial charge on any atom is 0.238 e. The molecule has 90 valence electrons. The summed E-state index contributed by atoms with van der Waals surface area (Å²) < 4.78 is 24.2. The molecular formula is C11H13N3O2S. The van der Waals surface area contributed by atoms with Gasteiger partial charge in [-0.25, -0.2) is 18.2 Å². The topological polar surface area (TPSA) is 78.0 Å². The fourth-order valence-electron chi connectivity index (χ4n) is 1.68. The zero-order valence-electron chi connectivity index (χ0n) is 9.58. The summed E-state index contributed by atoms with van der Waals surface area (Å²) in [6.45, 7) is 3.79. The number of nitrogens with zero attached hydrogens (tertiary/aromatic N) is 2. The van der Waals surface area contributed by atoms with Crippen molar-refractivity contribution in [3.05, 3.63) is 41.7 Å². The molecule has 17 heavy (non-hydrogen) atoms. The Morgan fingerprint density at radius 1 is 1.24 bits per heavy atom. The lowest BCUT2D eigenvalue weighted by Gasteiger charge is -2.05. The lowest BCUT2D eigenvalue weighted by Crippen LogP contribution is -2.12. The van der Waals surface area contributed by atoms with Gasteiger partial charge in [-0.2, -0.15) is 5.10 Å². The largest absolute Gasteiger partial charge is 0.238 e. The van der Waals surface area contributed by atoms with Gasteiger partial charge in [0.25, 0.3) is 0 Å². The first kappa shape index (κ1) is 11.8. The predicted octanol–water partition coefficient (Wildman–Crippen LogP) is 1.14. The van der Waals surface area contributed by atoms with Gasteiger partial charge in [0.15, 0.2) is 0 Å². The Morgan fingerprint density at radius 2 is 1.94 bits per heavy atom. The van der Waals surface area contributed by atoms with E-state index in [4.69, 9.17) is 5.14 Å². The molecule has 0 saturated heterocycles. The molecule has 2 rings (SSSR count). The van der Waals surface area contributed by atoms with E-state index in [1.54, 1.807) is 16.8 Å². The standard InChI is InChI=1S/C11H13N3O2S/c1-8-6-9(2)14(13-8)10-4-3-5-11(7-10)17(12,15)16/h3-7H,1-2H3,(H2,12,15,16). The summed E-state index contributed by atoms with van der Waals surface area (Å²) in [5.41, 5.74) is 2.50. The zero-order chi connectivity index (χ0) is 12.6. The highest BCUT2D eigenvalue weighted by atomic mass is 32.2. The summed E-state index contributed by atoms with van der Waals surface area (Å²) >= 11 is 0. The Bertz CT molecular complexity index is 659. The van der Waals surface area contributed by atoms with Gasteiger partial charge in [0.1, 0.15) is 0 Å². The molecule has 0 amide bonds. The van der Waals surface area contributed by atoms with Crippen molar-refractivity contribution in [2.24, 2.45) is 5.14 Å². The summed E-state index contributed by atoms with van der Waals surface area (Å²) in [5, 5.41) is 9.37. The maximum atomic E-state index is 11.3. The molecule has 5 nitrogen and oxygen atoms in total. The van der Waals surface area contributed by atoms with Crippen LogP contribution in [0.1, 0.15) is 11.4 Å². The summed E-state index contributed by atoms with van der Waals surface area (Å²) in [5.74, 6) is 0. The molecule has 2 N–H and O–H groups in total. The first-order valence-electron chi connectivity index (χ1n) is 5.04. The van der Waals surface area contributed by atoms with Crippen LogP contribution in [0.5, 0.6) is 0 Å². The molecule has 0 aliphatic heterocycles. The van der Waals surface area contributed by atoms with E-state index in [9.17, 15) is 8.42 Å². The van der Waals surface area contributed by atoms with Crippen LogP contribution < -0.4 is 5.14 Å². The zero-order valence-corrected chi connectivity index (χ0v) is 10.4. The number of hydrogen-bond acceptors (Lipinski definition) is 3. The first-order chi connectivity index (χ1) is 7.88. The Balaban J connectivity index is 2.58. The number of nitrogens with two attached hydrogens (primary N) is 1. The number of aryl methyl sites for hydroxylation is 2. The number of benzene rings is 1. The normalized spacial score (nSPS) is 11.7. The molecule has 0 spiro atoms. The maximum absolute atomic E-state index is 11.3. The lowest BCUT2D eigenvalue weighted by molar-refractivity contribution is 0.597. The second-order valence-corrected chi connectivity index (χ2v) is 5.44. The quantitative estimate of drug-likeness (QED) is 0.869. The molecule has 1 aromatic carbocycles. The molecule has 6 heteroatoms. The van der Waals surface area contributed by atoms with Gasteiger partial charge in [-0.1, -0.05) is 6.07 Å². The molecule has 0 aliphatic rings. The average molecular weight is 251 g/mol. The van der Waals surface area contributed by atoms with E-state index in [2.05, 4.69) is 5.10 Å². The average Bonchev–Trinajstić information content (AvgIpc) is 2.57. The van der Waals surface area contributed by atoms with Crippen molar-refractivity contribution in [2.45, 2.75) is 18.7 Å². The van der Waals surface area contributed by atoms with Crippen molar-refractivity contribution in [3.8, 4) is 5.69 Å². The molecule has 0 aliphatic carbocycles. The number of aromatic nitrogens is 2. The Kier molecular flexibility index (Phi) is 2.76. The van der Waals surface area contributed by atoms with Crippen molar-refractivity contribution in [2.75, 3.05) is 0 Å². The summed E-state index contributed by atoms with van der Waals surface area (Å²) in [4.78, 5) is 0.0857. The Hall–Kier alpha value is -1.66. The lowest BCUT2D eigenvalue weighted by atomic mass is 10.3. The predicted molar refractivity (Wildman–Crippen MR) is 64.4 cm³/mol. The third-order valence-electron chi connectivity index (χ3n) is 2.40. The Morgan fingerprint density at radius 3 is 2.47 bits per heavy atom. The van der Waals surface area contributed by atoms with Crippen LogP contribution in [0.3, 0.4) is 0 Å². The van der Waals surface area contributed by atoms with E-state index in [1.807, 2.05) is 19.9 Å². The van der Waals surface area contributed by atoms with Crippen molar-refractivity contribution in [1.29, 1.82) is 0 Å². The number of hydrogen-bond donors (Lipinski definition) is 1. The summed E-state index contributed by atoms with van der Waals surface area (Å²) in [6.07, 6.45) is 0. The number of rotatable bonds is 2. The SMILES string of the molecule is Cc1cc(C)n(-c2cccc(S(N)(=O)=O)c2)n1. The van der Waals surface area contributed by atoms with E-state index < -0.39 is 10.0 Å². The molecule has 0 saturated carbocycles. The highest BCUT2D eigenvalue weighted by molar-refractivity contribution is 7.89. The van der Waals surface area contributed by atoms with Gasteiger partial charge < -0.3 is 0 Å². The van der Waals surface area contributed by atoms with Crippen molar-refractivity contribution in [3.63, 3.8) is 0 Å². The number of sulfonamides is 1. The van der Waals surface area contributed by atoms with Crippen LogP contribution in [0, 0.1) is 13.8 Å². The van der Waals surface area contributed by atoms with Gasteiger partial charge in [-0.15, -0.1) is 0 Å². The van der Waals surface area contributed by atoms with Crippen molar-refractivity contribution >= 4 is 10.0 Å². The highest BCUT2D eigenvalue weighted by Crippen LogP contribution is 2.15. The molecule has 0 bridgehead atoms. The van der Waals surface area contributed by atoms with Gasteiger partial charge in [-0.05, 0) is 38.1 Å². The van der Waals surface area contributed by atoms with Gasteiger partial charge in [0, 0.05) is 5.69 Å². The summed E-state index contributed by atoms with van der Waals surface area (Å²) in [7, 11) is -3.68. The first-order valence-corrected chi connectivity index (χ1v) is 6.59. The second kappa shape index (κ2) is 3.97. The smallest absolute Gasteiger partial charge is 0.238 e. The molecule has 0 fully saturated rings. The fraction of sp³-hybridized carbons (Fsp3) is 0.182. The van der Waals surface area contributed by atoms with Gasteiger partial charge >= 0.3 is 0 Å². The Labute approximate surface area is 99.9 Å². The molecule has 0 radical (unpaired) electrons. The van der Waals surface area contributed by atoms with Crippen molar-refractivity contribution < 1.29 is 8.42 Å². The van der Waals surface area contributed by atoms with E-state index in [-0.39, 0.29) is 4.90 Å². The van der Waals surface area contributed by atoms with Gasteiger partial charge in [-0.3, -0.25) is 0 Å². The van der Waals surface area contributed by atoms with E-state index in [0.717, 1.165) is 11.4 Å². The van der Waals surface area contributed by atoms with Crippen LogP contribution in [0.2, 0.25) is 0 Å². The third-order valence-corrected chi connectivity index (χ3v) is 3.31. The molecule has 0 atom stereocenters. The van der Waals surface area contributed by atoms with Crippen LogP contribution in [-0.2, 0) is 10.0 Å². The van der Waals surface area contributed by atoms with Gasteiger partial charge in [0.05, 0.1) is 16.3 Å². The van der Waals surface area contributed by atoms with Crippen molar-refractivity contribution in [1.82, 2.24) is 9.78 Å². The van der Waals surface area contributed by atoms with Gasteiger partial charge in [0.2, 0.25) is 10.0 Å². The fourth-order valence-corrected chi connectivity index (χ4v) is 2.24. The molecule has 2 aromatic rings. The minimum absolute atomic E-state index is 0.0857. The van der Waals surface area contributed by atoms with Crippen LogP contribution in [0.15, 0.2) is 35.2 Å². The van der Waals surface area contributed by atoms with E-state index >= 15 is 0 Å². The minimum Gasteiger partial charge on any atom is -0.238 e. The molecule has 1 heterocycles.